The number of rotatable bonds is 25. The number of nitrogens with two attached hydrogens (primary N) is 1. The van der Waals surface area contributed by atoms with Crippen molar-refractivity contribution in [1.29, 1.82) is 0 Å². The summed E-state index contributed by atoms with van der Waals surface area (Å²) in [5.74, 6) is -10.9. The van der Waals surface area contributed by atoms with E-state index >= 15 is 8.78 Å². The Hall–Kier alpha value is -8.48. The molecule has 1 aromatic heterocycles. The average Bonchev–Trinajstić information content (AvgIpc) is 3.30. The van der Waals surface area contributed by atoms with E-state index in [1.807, 2.05) is 0 Å². The smallest absolute Gasteiger partial charge is 0.410 e. The number of Topliss-reactive ketones (excluding diaryl/α,β-unsaturated/α-hetero) is 1. The van der Waals surface area contributed by atoms with Gasteiger partial charge in [0.2, 0.25) is 11.8 Å². The Labute approximate surface area is 470 Å². The molecule has 1 saturated heterocycles. The van der Waals surface area contributed by atoms with Gasteiger partial charge >= 0.3 is 18.1 Å². The maximum absolute atomic E-state index is 16.2. The number of aliphatic hydroxyl groups excluding tert-OH is 1. The van der Waals surface area contributed by atoms with Gasteiger partial charge in [-0.1, -0.05) is 58.9 Å². The third kappa shape index (κ3) is 16.3. The summed E-state index contributed by atoms with van der Waals surface area (Å²) in [4.78, 5) is 124. The number of carboxylic acid groups (broad SMARTS) is 1. The first kappa shape index (κ1) is 62.7. The second-order valence-corrected chi connectivity index (χ2v) is 21.8. The monoisotopic (exact) mass is 1150 g/mol. The number of aromatic nitrogens is 2. The van der Waals surface area contributed by atoms with Gasteiger partial charge in [-0.05, 0) is 84.7 Å². The summed E-state index contributed by atoms with van der Waals surface area (Å²) in [5, 5.41) is 28.1. The maximum Gasteiger partial charge on any atom is 0.410 e. The molecule has 440 valence electrons. The molecule has 0 unspecified atom stereocenters. The van der Waals surface area contributed by atoms with Gasteiger partial charge in [-0.2, -0.15) is 0 Å². The fourth-order valence-corrected chi connectivity index (χ4v) is 9.85. The largest absolute Gasteiger partial charge is 0.480 e. The summed E-state index contributed by atoms with van der Waals surface area (Å²) in [6, 6.07) is 9.66. The number of aliphatic hydroxyl groups is 1. The molecule has 0 saturated carbocycles. The standard InChI is InChI=1S/C57H67F4N9O12/c1-31(2)49(66-46(73)24-44(54(78)79)70-47(74)18-19-48(70)75)45(72)22-35(10-8-20-63-55(62)80)52(76)64-39-15-12-33(13-16-39)30-82-56(81)68-26-36(42(61)28-68)27-69(53(77)32(3)71)50(57(4,5)6)51-65-43(40-23-38(59)14-17-41(40)60)29-67(51)25-34-9-7-11-37(58)21-34/h7,9,11-19,21,23,29,31-32,35-36,42,44,49-50,71H,8,10,20,22,24-28,30H2,1-6H3,(H,64,76)(H,66,73)(H,78,79)(H3,62,63,80)/t32-,35+,36-,42-,44-,49-,50-/m0/s1. The fourth-order valence-electron chi connectivity index (χ4n) is 9.85. The lowest BCUT2D eigenvalue weighted by atomic mass is 9.84. The number of ketones is 1. The summed E-state index contributed by atoms with van der Waals surface area (Å²) in [5.41, 5.74) is 5.25. The minimum atomic E-state index is -1.85. The second-order valence-electron chi connectivity index (χ2n) is 21.8. The first-order valence-electron chi connectivity index (χ1n) is 26.5. The molecule has 6 rings (SSSR count). The quantitative estimate of drug-likeness (QED) is 0.0261. The SMILES string of the molecule is CC(C)[C@H](NC(=O)C[C@@H](C(=O)O)N1C(=O)C=CC1=O)C(=O)C[C@@H](CCCNC(N)=O)C(=O)Nc1ccc(COC(=O)N2C[C@@H](CN(C(=O)[C@H](C)O)[C@@H](c3nc(-c4cc(F)ccc4F)cn3Cc3cccc(F)c3)C(C)(C)C)[C@@H](F)C2)cc1. The highest BCUT2D eigenvalue weighted by Crippen LogP contribution is 2.41. The van der Waals surface area contributed by atoms with Crippen molar-refractivity contribution in [3.63, 3.8) is 0 Å². The van der Waals surface area contributed by atoms with E-state index in [1.54, 1.807) is 45.3 Å². The number of halogens is 4. The number of urea groups is 1. The van der Waals surface area contributed by atoms with Gasteiger partial charge in [-0.15, -0.1) is 0 Å². The molecule has 0 bridgehead atoms. The summed E-state index contributed by atoms with van der Waals surface area (Å²) >= 11 is 0. The molecule has 0 spiro atoms. The van der Waals surface area contributed by atoms with Crippen molar-refractivity contribution < 1.29 is 75.7 Å². The van der Waals surface area contributed by atoms with Crippen molar-refractivity contribution in [2.75, 3.05) is 31.5 Å². The van der Waals surface area contributed by atoms with Gasteiger partial charge in [0.1, 0.15) is 48.2 Å². The zero-order valence-corrected chi connectivity index (χ0v) is 46.1. The molecule has 0 radical (unpaired) electrons. The minimum Gasteiger partial charge on any atom is -0.480 e. The van der Waals surface area contributed by atoms with Crippen molar-refractivity contribution >= 4 is 59.1 Å². The van der Waals surface area contributed by atoms with E-state index in [2.05, 4.69) is 16.0 Å². The topological polar surface area (TPSA) is 293 Å². The highest BCUT2D eigenvalue weighted by molar-refractivity contribution is 6.15. The molecule has 1 fully saturated rings. The molecule has 7 N–H and O–H groups in total. The molecule has 82 heavy (non-hydrogen) atoms. The number of carbonyl (C=O) groups excluding carboxylic acids is 8. The summed E-state index contributed by atoms with van der Waals surface area (Å²) < 4.78 is 67.6. The lowest BCUT2D eigenvalue weighted by Gasteiger charge is -2.41. The minimum absolute atomic E-state index is 0.00598. The van der Waals surface area contributed by atoms with E-state index in [4.69, 9.17) is 15.5 Å². The van der Waals surface area contributed by atoms with Crippen LogP contribution in [-0.4, -0.2) is 138 Å². The molecule has 3 heterocycles. The third-order valence-corrected chi connectivity index (χ3v) is 13.9. The van der Waals surface area contributed by atoms with Gasteiger partial charge in [0, 0.05) is 74.0 Å². The van der Waals surface area contributed by atoms with E-state index in [0.29, 0.717) is 16.0 Å². The van der Waals surface area contributed by atoms with Crippen LogP contribution < -0.4 is 21.7 Å². The van der Waals surface area contributed by atoms with Gasteiger partial charge < -0.3 is 51.0 Å². The Kier molecular flexibility index (Phi) is 20.9. The number of amides is 8. The molecular formula is C57H67F4N9O12. The van der Waals surface area contributed by atoms with Crippen LogP contribution in [-0.2, 0) is 51.5 Å². The highest BCUT2D eigenvalue weighted by Gasteiger charge is 2.45. The summed E-state index contributed by atoms with van der Waals surface area (Å²) in [6.45, 7) is 8.54. The maximum atomic E-state index is 16.2. The molecule has 4 aromatic rings. The number of primary amides is 1. The van der Waals surface area contributed by atoms with Crippen LogP contribution in [0.1, 0.15) is 90.2 Å². The highest BCUT2D eigenvalue weighted by atomic mass is 19.1. The van der Waals surface area contributed by atoms with Crippen LogP contribution in [0.5, 0.6) is 0 Å². The Morgan fingerprint density at radius 2 is 1.56 bits per heavy atom. The van der Waals surface area contributed by atoms with Gasteiger partial charge in [0.25, 0.3) is 17.7 Å². The number of hydrogen-bond acceptors (Lipinski definition) is 12. The second kappa shape index (κ2) is 27.3. The van der Waals surface area contributed by atoms with Crippen molar-refractivity contribution in [1.82, 2.24) is 34.9 Å². The molecule has 2 aliphatic heterocycles. The van der Waals surface area contributed by atoms with Crippen LogP contribution in [0.2, 0.25) is 0 Å². The van der Waals surface area contributed by atoms with E-state index in [-0.39, 0.29) is 68.4 Å². The number of carboxylic acids is 1. The Balaban J connectivity index is 1.12. The Morgan fingerprint density at radius 3 is 2.17 bits per heavy atom. The summed E-state index contributed by atoms with van der Waals surface area (Å²) in [7, 11) is 0. The summed E-state index contributed by atoms with van der Waals surface area (Å²) in [6.07, 6.45) is -1.98. The van der Waals surface area contributed by atoms with Crippen molar-refractivity contribution in [3.05, 3.63) is 119 Å². The number of anilines is 1. The number of alkyl halides is 1. The van der Waals surface area contributed by atoms with Crippen molar-refractivity contribution in [3.8, 4) is 11.3 Å². The predicted molar refractivity (Wildman–Crippen MR) is 288 cm³/mol. The van der Waals surface area contributed by atoms with Crippen LogP contribution in [0.4, 0.5) is 32.8 Å². The first-order chi connectivity index (χ1) is 38.6. The zero-order valence-electron chi connectivity index (χ0n) is 46.1. The van der Waals surface area contributed by atoms with Gasteiger partial charge in [0.15, 0.2) is 5.78 Å². The number of hydrogen-bond donors (Lipinski definition) is 6. The molecular weight excluding hydrogens is 1080 g/mol. The van der Waals surface area contributed by atoms with Crippen molar-refractivity contribution in [2.24, 2.45) is 28.9 Å². The number of nitrogens with one attached hydrogen (secondary N) is 3. The van der Waals surface area contributed by atoms with Gasteiger partial charge in [0.05, 0.1) is 30.7 Å². The van der Waals surface area contributed by atoms with Crippen molar-refractivity contribution in [2.45, 2.75) is 111 Å². The lowest BCUT2D eigenvalue weighted by molar-refractivity contribution is -0.154. The Bertz CT molecular complexity index is 3060. The number of aliphatic carboxylic acids is 1. The van der Waals surface area contributed by atoms with E-state index in [9.17, 15) is 62.1 Å². The van der Waals surface area contributed by atoms with Crippen LogP contribution in [0, 0.1) is 40.6 Å². The van der Waals surface area contributed by atoms with E-state index in [0.717, 1.165) is 35.3 Å². The van der Waals surface area contributed by atoms with E-state index in [1.165, 1.54) is 60.5 Å². The first-order valence-corrected chi connectivity index (χ1v) is 26.5. The molecule has 7 atom stereocenters. The van der Waals surface area contributed by atoms with Crippen LogP contribution in [0.25, 0.3) is 11.3 Å². The fraction of sp³-hybridized carbons (Fsp3) is 0.439. The number of ether oxygens (including phenoxy) is 1. The van der Waals surface area contributed by atoms with E-state index < -0.39 is 144 Å². The molecule has 21 nitrogen and oxygen atoms in total. The number of nitrogens with zero attached hydrogens (tertiary/aromatic N) is 5. The number of imidazole rings is 1. The van der Waals surface area contributed by atoms with Crippen LogP contribution in [0.15, 0.2) is 85.1 Å². The Morgan fingerprint density at radius 1 is 0.890 bits per heavy atom. The number of benzene rings is 3. The molecule has 3 aromatic carbocycles. The number of carbonyl (C=O) groups is 9. The average molecular weight is 1150 g/mol. The van der Waals surface area contributed by atoms with Crippen LogP contribution >= 0.6 is 0 Å². The molecule has 0 aliphatic carbocycles. The predicted octanol–water partition coefficient (Wildman–Crippen LogP) is 5.79. The normalized spacial score (nSPS) is 17.0. The third-order valence-electron chi connectivity index (χ3n) is 13.9. The lowest BCUT2D eigenvalue weighted by Crippen LogP contribution is -2.50. The van der Waals surface area contributed by atoms with Gasteiger partial charge in [-0.25, -0.2) is 36.9 Å². The molecule has 2 aliphatic rings. The van der Waals surface area contributed by atoms with Crippen LogP contribution in [0.3, 0.4) is 0 Å². The zero-order chi connectivity index (χ0) is 60.3. The van der Waals surface area contributed by atoms with Gasteiger partial charge in [-0.3, -0.25) is 33.7 Å². The molecule has 25 heteroatoms. The number of likely N-dealkylation sites (tertiary alicyclic amines) is 1. The molecule has 8 amide bonds. The number of imide groups is 1.